The lowest BCUT2D eigenvalue weighted by Gasteiger charge is -2.15. The van der Waals surface area contributed by atoms with Crippen molar-refractivity contribution in [2.75, 3.05) is 10.6 Å². The van der Waals surface area contributed by atoms with Crippen molar-refractivity contribution >= 4 is 33.4 Å². The number of benzene rings is 2. The first-order valence-electron chi connectivity index (χ1n) is 8.80. The van der Waals surface area contributed by atoms with Gasteiger partial charge in [0.2, 0.25) is 5.95 Å². The van der Waals surface area contributed by atoms with Crippen LogP contribution in [0.4, 0.5) is 17.5 Å². The molecule has 1 aromatic heterocycles. The van der Waals surface area contributed by atoms with Crippen LogP contribution in [0.2, 0.25) is 0 Å². The molecule has 0 unspecified atom stereocenters. The van der Waals surface area contributed by atoms with Crippen LogP contribution in [0.1, 0.15) is 25.8 Å². The normalized spacial score (nSPS) is 11.8. The fourth-order valence-corrected chi connectivity index (χ4v) is 2.90. The van der Waals surface area contributed by atoms with Gasteiger partial charge in [-0.15, -0.1) is 0 Å². The number of hydrogen-bond donors (Lipinski definition) is 2. The third-order valence-electron chi connectivity index (χ3n) is 4.31. The standard InChI is InChI=1S/C21H23BrN4/c1-4-14(2)23-21-25-19(16-9-6-5-7-10-16)13-20(26-21)24-18-12-8-11-17(22)15(18)3/h5-14H,4H2,1-3H3,(H2,23,24,25,26)/t14-/m0/s1. The lowest BCUT2D eigenvalue weighted by molar-refractivity contribution is 0.753. The highest BCUT2D eigenvalue weighted by atomic mass is 79.9. The largest absolute Gasteiger partial charge is 0.352 e. The average molecular weight is 411 g/mol. The van der Waals surface area contributed by atoms with Gasteiger partial charge >= 0.3 is 0 Å². The molecule has 0 saturated heterocycles. The Labute approximate surface area is 163 Å². The van der Waals surface area contributed by atoms with Crippen molar-refractivity contribution < 1.29 is 0 Å². The zero-order valence-electron chi connectivity index (χ0n) is 15.3. The van der Waals surface area contributed by atoms with Gasteiger partial charge in [0.05, 0.1) is 5.69 Å². The highest BCUT2D eigenvalue weighted by Gasteiger charge is 2.10. The van der Waals surface area contributed by atoms with Crippen molar-refractivity contribution in [2.24, 2.45) is 0 Å². The van der Waals surface area contributed by atoms with Gasteiger partial charge in [0.25, 0.3) is 0 Å². The number of hydrogen-bond acceptors (Lipinski definition) is 4. The predicted molar refractivity (Wildman–Crippen MR) is 113 cm³/mol. The number of anilines is 3. The smallest absolute Gasteiger partial charge is 0.225 e. The van der Waals surface area contributed by atoms with E-state index in [4.69, 9.17) is 4.98 Å². The van der Waals surface area contributed by atoms with Crippen LogP contribution in [-0.4, -0.2) is 16.0 Å². The van der Waals surface area contributed by atoms with E-state index in [1.54, 1.807) is 0 Å². The van der Waals surface area contributed by atoms with Crippen molar-refractivity contribution in [3.8, 4) is 11.3 Å². The van der Waals surface area contributed by atoms with Crippen molar-refractivity contribution in [3.05, 3.63) is 64.6 Å². The minimum atomic E-state index is 0.307. The third-order valence-corrected chi connectivity index (χ3v) is 5.17. The van der Waals surface area contributed by atoms with E-state index in [1.807, 2.05) is 42.5 Å². The number of halogens is 1. The summed E-state index contributed by atoms with van der Waals surface area (Å²) in [5.74, 6) is 1.40. The molecule has 2 N–H and O–H groups in total. The van der Waals surface area contributed by atoms with E-state index in [0.717, 1.165) is 39.2 Å². The maximum atomic E-state index is 4.70. The van der Waals surface area contributed by atoms with E-state index in [9.17, 15) is 0 Å². The Kier molecular flexibility index (Phi) is 5.89. The van der Waals surface area contributed by atoms with Gasteiger partial charge in [-0.25, -0.2) is 4.98 Å². The molecule has 1 atom stereocenters. The van der Waals surface area contributed by atoms with Crippen molar-refractivity contribution in [2.45, 2.75) is 33.2 Å². The van der Waals surface area contributed by atoms with E-state index in [-0.39, 0.29) is 0 Å². The molecular formula is C21H23BrN4. The summed E-state index contributed by atoms with van der Waals surface area (Å²) in [4.78, 5) is 9.37. The first-order chi connectivity index (χ1) is 12.6. The summed E-state index contributed by atoms with van der Waals surface area (Å²) in [6.07, 6.45) is 1.01. The first-order valence-corrected chi connectivity index (χ1v) is 9.59. The summed E-state index contributed by atoms with van der Waals surface area (Å²) in [5, 5.41) is 6.82. The van der Waals surface area contributed by atoms with Crippen LogP contribution < -0.4 is 10.6 Å². The molecule has 0 radical (unpaired) electrons. The van der Waals surface area contributed by atoms with Crippen LogP contribution in [-0.2, 0) is 0 Å². The Hall–Kier alpha value is -2.40. The van der Waals surface area contributed by atoms with Gasteiger partial charge < -0.3 is 10.6 Å². The number of nitrogens with zero attached hydrogens (tertiary/aromatic N) is 2. The second-order valence-electron chi connectivity index (χ2n) is 6.32. The van der Waals surface area contributed by atoms with E-state index in [1.165, 1.54) is 0 Å². The van der Waals surface area contributed by atoms with Gasteiger partial charge in [-0.1, -0.05) is 59.3 Å². The minimum absolute atomic E-state index is 0.307. The lowest BCUT2D eigenvalue weighted by Crippen LogP contribution is -2.16. The molecular weight excluding hydrogens is 388 g/mol. The predicted octanol–water partition coefficient (Wildman–Crippen LogP) is 6.17. The Morgan fingerprint density at radius 2 is 1.81 bits per heavy atom. The molecule has 0 fully saturated rings. The molecule has 0 aliphatic rings. The molecule has 0 aliphatic carbocycles. The van der Waals surface area contributed by atoms with Crippen LogP contribution in [0, 0.1) is 6.92 Å². The Balaban J connectivity index is 2.00. The first kappa shape index (κ1) is 18.4. The molecule has 3 rings (SSSR count). The molecule has 2 aromatic carbocycles. The number of aromatic nitrogens is 2. The van der Waals surface area contributed by atoms with E-state index >= 15 is 0 Å². The SMILES string of the molecule is CC[C@H](C)Nc1nc(Nc2cccc(Br)c2C)cc(-c2ccccc2)n1. The van der Waals surface area contributed by atoms with Crippen molar-refractivity contribution in [3.63, 3.8) is 0 Å². The van der Waals surface area contributed by atoms with Crippen LogP contribution in [0.5, 0.6) is 0 Å². The Morgan fingerprint density at radius 1 is 1.04 bits per heavy atom. The fourth-order valence-electron chi connectivity index (χ4n) is 2.54. The maximum Gasteiger partial charge on any atom is 0.225 e. The number of rotatable bonds is 6. The molecule has 1 heterocycles. The third kappa shape index (κ3) is 4.41. The molecule has 0 amide bonds. The summed E-state index contributed by atoms with van der Waals surface area (Å²) >= 11 is 3.58. The van der Waals surface area contributed by atoms with Crippen LogP contribution in [0.15, 0.2) is 59.1 Å². The van der Waals surface area contributed by atoms with Crippen LogP contribution >= 0.6 is 15.9 Å². The fraction of sp³-hybridized carbons (Fsp3) is 0.238. The molecule has 0 bridgehead atoms. The van der Waals surface area contributed by atoms with Gasteiger partial charge in [-0.2, -0.15) is 4.98 Å². The summed E-state index contributed by atoms with van der Waals surface area (Å²) in [5.41, 5.74) is 4.12. The molecule has 3 aromatic rings. The molecule has 0 aliphatic heterocycles. The zero-order chi connectivity index (χ0) is 18.5. The summed E-state index contributed by atoms with van der Waals surface area (Å²) in [6.45, 7) is 6.34. The molecule has 0 spiro atoms. The molecule has 0 saturated carbocycles. The van der Waals surface area contributed by atoms with Gasteiger partial charge in [-0.05, 0) is 38.0 Å². The molecule has 134 valence electrons. The van der Waals surface area contributed by atoms with Crippen molar-refractivity contribution in [1.29, 1.82) is 0 Å². The van der Waals surface area contributed by atoms with E-state index in [2.05, 4.69) is 64.5 Å². The molecule has 26 heavy (non-hydrogen) atoms. The van der Waals surface area contributed by atoms with Crippen LogP contribution in [0.25, 0.3) is 11.3 Å². The van der Waals surface area contributed by atoms with Gasteiger partial charge in [0.15, 0.2) is 0 Å². The topological polar surface area (TPSA) is 49.8 Å². The summed E-state index contributed by atoms with van der Waals surface area (Å²) in [6, 6.07) is 18.5. The maximum absolute atomic E-state index is 4.70. The quantitative estimate of drug-likeness (QED) is 0.509. The number of nitrogens with one attached hydrogen (secondary N) is 2. The lowest BCUT2D eigenvalue weighted by atomic mass is 10.1. The zero-order valence-corrected chi connectivity index (χ0v) is 16.8. The molecule has 4 nitrogen and oxygen atoms in total. The van der Waals surface area contributed by atoms with Gasteiger partial charge in [0.1, 0.15) is 5.82 Å². The van der Waals surface area contributed by atoms with Crippen molar-refractivity contribution in [1.82, 2.24) is 9.97 Å². The Morgan fingerprint density at radius 3 is 2.54 bits per heavy atom. The minimum Gasteiger partial charge on any atom is -0.352 e. The van der Waals surface area contributed by atoms with E-state index in [0.29, 0.717) is 12.0 Å². The second kappa shape index (κ2) is 8.32. The monoisotopic (exact) mass is 410 g/mol. The average Bonchev–Trinajstić information content (AvgIpc) is 2.66. The van der Waals surface area contributed by atoms with Gasteiger partial charge in [0, 0.05) is 27.8 Å². The van der Waals surface area contributed by atoms with Crippen LogP contribution in [0.3, 0.4) is 0 Å². The van der Waals surface area contributed by atoms with Gasteiger partial charge in [-0.3, -0.25) is 0 Å². The highest BCUT2D eigenvalue weighted by molar-refractivity contribution is 9.10. The summed E-state index contributed by atoms with van der Waals surface area (Å²) < 4.78 is 1.07. The highest BCUT2D eigenvalue weighted by Crippen LogP contribution is 2.28. The Bertz CT molecular complexity index is 880. The molecule has 5 heteroatoms. The summed E-state index contributed by atoms with van der Waals surface area (Å²) in [7, 11) is 0. The van der Waals surface area contributed by atoms with E-state index < -0.39 is 0 Å². The second-order valence-corrected chi connectivity index (χ2v) is 7.17.